The predicted octanol–water partition coefficient (Wildman–Crippen LogP) is 3.59. The van der Waals surface area contributed by atoms with Crippen molar-refractivity contribution in [1.29, 1.82) is 0 Å². The summed E-state index contributed by atoms with van der Waals surface area (Å²) in [7, 11) is 3.75. The second-order valence-electron chi connectivity index (χ2n) is 16.1. The molecule has 3 saturated heterocycles. The van der Waals surface area contributed by atoms with E-state index in [-0.39, 0.29) is 44.7 Å². The number of hydrogen-bond acceptors (Lipinski definition) is 13. The van der Waals surface area contributed by atoms with Gasteiger partial charge in [-0.2, -0.15) is 0 Å². The van der Waals surface area contributed by atoms with Crippen LogP contribution in [0.1, 0.15) is 87.3 Å². The van der Waals surface area contributed by atoms with E-state index in [1.54, 1.807) is 27.0 Å². The zero-order valence-corrected chi connectivity index (χ0v) is 33.9. The van der Waals surface area contributed by atoms with Crippen molar-refractivity contribution < 1.29 is 48.3 Å². The number of nitrogens with zero attached hydrogens (tertiary/aromatic N) is 4. The van der Waals surface area contributed by atoms with Crippen molar-refractivity contribution in [1.82, 2.24) is 9.88 Å². The second-order valence-corrected chi connectivity index (χ2v) is 16.1. The molecule has 2 bridgehead atoms. The number of hydrogen-bond donors (Lipinski definition) is 2. The molecule has 2 N–H and O–H groups in total. The molecule has 0 saturated carbocycles. The molecule has 14 nitrogen and oxygen atoms in total. The number of aliphatic hydroxyl groups is 2. The van der Waals surface area contributed by atoms with Gasteiger partial charge in [0.1, 0.15) is 23.7 Å². The molecule has 4 heterocycles. The molecule has 302 valence electrons. The number of amides is 1. The fourth-order valence-electron chi connectivity index (χ4n) is 8.33. The number of rotatable bonds is 6. The highest BCUT2D eigenvalue weighted by atomic mass is 16.7. The SMILES string of the molecule is CC[C@H]1OC(=O)[C@H](C)C(=O)[C@H](C)[C@@H](O[C@@H]2O[C@H](C)C[C@H](N(C)C)[C@H]2O)[C@@]2(C)C[C@@H](C)C(=NC(C)=O)[C@H](C)C(OCC(=NCc3ccccn3)CO2)[C@]1(C)O. The van der Waals surface area contributed by atoms with Crippen LogP contribution in [0, 0.1) is 23.7 Å². The molecule has 1 aromatic rings. The molecule has 13 atom stereocenters. The first-order valence-electron chi connectivity index (χ1n) is 19.2. The Morgan fingerprint density at radius 3 is 2.41 bits per heavy atom. The predicted molar refractivity (Wildman–Crippen MR) is 202 cm³/mol. The number of carbonyl (C=O) groups is 3. The lowest BCUT2D eigenvalue weighted by Gasteiger charge is -2.47. The fraction of sp³-hybridized carbons (Fsp3) is 0.750. The van der Waals surface area contributed by atoms with Crippen LogP contribution in [0.4, 0.5) is 0 Å². The first kappa shape index (κ1) is 43.7. The number of aliphatic imine (C=N–C) groups is 2. The highest BCUT2D eigenvalue weighted by Crippen LogP contribution is 2.40. The fourth-order valence-corrected chi connectivity index (χ4v) is 8.33. The maximum Gasteiger partial charge on any atom is 0.316 e. The van der Waals surface area contributed by atoms with Gasteiger partial charge < -0.3 is 38.8 Å². The molecule has 1 unspecified atom stereocenters. The first-order valence-corrected chi connectivity index (χ1v) is 19.2. The number of fused-ring (bicyclic) bond motifs is 5. The molecule has 0 spiro atoms. The number of aromatic nitrogens is 1. The van der Waals surface area contributed by atoms with Gasteiger partial charge in [-0.3, -0.25) is 24.4 Å². The Bertz CT molecular complexity index is 1520. The molecular formula is C40H62N4O10. The second kappa shape index (κ2) is 18.3. The van der Waals surface area contributed by atoms with Crippen LogP contribution < -0.4 is 0 Å². The number of pyridine rings is 1. The summed E-state index contributed by atoms with van der Waals surface area (Å²) in [6.45, 7) is 15.3. The first-order chi connectivity index (χ1) is 25.3. The van der Waals surface area contributed by atoms with Crippen molar-refractivity contribution in [3.8, 4) is 0 Å². The topological polar surface area (TPSA) is 179 Å². The van der Waals surface area contributed by atoms with Crippen molar-refractivity contribution in [3.05, 3.63) is 30.1 Å². The summed E-state index contributed by atoms with van der Waals surface area (Å²) in [6.07, 6.45) is -3.12. The summed E-state index contributed by atoms with van der Waals surface area (Å²) >= 11 is 0. The van der Waals surface area contributed by atoms with Crippen molar-refractivity contribution in [2.24, 2.45) is 33.7 Å². The Morgan fingerprint density at radius 2 is 1.80 bits per heavy atom. The summed E-state index contributed by atoms with van der Waals surface area (Å²) in [5.74, 6) is -5.10. The van der Waals surface area contributed by atoms with Gasteiger partial charge in [0.25, 0.3) is 0 Å². The van der Waals surface area contributed by atoms with Crippen molar-refractivity contribution in [3.63, 3.8) is 0 Å². The molecule has 0 radical (unpaired) electrons. The summed E-state index contributed by atoms with van der Waals surface area (Å²) in [5, 5.41) is 24.0. The van der Waals surface area contributed by atoms with Crippen molar-refractivity contribution >= 4 is 29.1 Å². The number of likely N-dealkylation sites (N-methyl/N-ethyl adjacent to an activating group) is 1. The summed E-state index contributed by atoms with van der Waals surface area (Å²) in [4.78, 5) is 56.7. The lowest BCUT2D eigenvalue weighted by molar-refractivity contribution is -0.296. The van der Waals surface area contributed by atoms with Gasteiger partial charge in [-0.15, -0.1) is 0 Å². The van der Waals surface area contributed by atoms with Gasteiger partial charge in [-0.25, -0.2) is 4.99 Å². The monoisotopic (exact) mass is 758 g/mol. The number of carbonyl (C=O) groups excluding carboxylic acids is 3. The number of esters is 1. The van der Waals surface area contributed by atoms with Gasteiger partial charge in [0.15, 0.2) is 12.1 Å². The average molecular weight is 759 g/mol. The van der Waals surface area contributed by atoms with E-state index in [4.69, 9.17) is 28.7 Å². The summed E-state index contributed by atoms with van der Waals surface area (Å²) in [5.41, 5.74) is -1.49. The van der Waals surface area contributed by atoms with E-state index in [2.05, 4.69) is 9.98 Å². The van der Waals surface area contributed by atoms with Crippen molar-refractivity contribution in [2.45, 2.75) is 142 Å². The van der Waals surface area contributed by atoms with Crippen LogP contribution in [0.3, 0.4) is 0 Å². The summed E-state index contributed by atoms with van der Waals surface area (Å²) < 4.78 is 32.4. The number of Topliss-reactive ketones (excluding diaryl/α,β-unsaturated/α-hetero) is 1. The summed E-state index contributed by atoms with van der Waals surface area (Å²) in [6, 6.07) is 5.24. The van der Waals surface area contributed by atoms with E-state index < -0.39 is 83.2 Å². The largest absolute Gasteiger partial charge is 0.459 e. The van der Waals surface area contributed by atoms with Crippen LogP contribution in [-0.2, 0) is 44.6 Å². The highest BCUT2D eigenvalue weighted by molar-refractivity contribution is 6.00. The van der Waals surface area contributed by atoms with Gasteiger partial charge in [-0.05, 0) is 79.1 Å². The zero-order chi connectivity index (χ0) is 40.1. The molecule has 14 heteroatoms. The Balaban J connectivity index is 1.97. The number of cyclic esters (lactones) is 1. The standard InChI is InChI=1S/C40H62N4O10/c1-12-31-40(9,49)36-24(4)32(43-27(7)45)22(2)18-39(8,51-21-29(20-50-36)42-19-28-15-13-14-16-41-28)35(25(5)33(46)26(6)37(48)53-31)54-38-34(47)30(44(10)11)17-23(3)52-38/h13-16,22-26,30-31,34-36,38,47,49H,12,17-21H2,1-11H3/t22-,23-,24+,25+,26-,30+,31-,34-,35-,36?,38+,39-,40-/m1/s1. The maximum atomic E-state index is 14.4. The normalized spacial score (nSPS) is 40.5. The van der Waals surface area contributed by atoms with E-state index in [0.29, 0.717) is 17.8 Å². The van der Waals surface area contributed by atoms with Crippen LogP contribution in [0.25, 0.3) is 0 Å². The van der Waals surface area contributed by atoms with Gasteiger partial charge in [-0.1, -0.05) is 33.8 Å². The number of ether oxygens (including phenoxy) is 5. The quantitative estimate of drug-likeness (QED) is 0.319. The minimum absolute atomic E-state index is 0.0632. The Morgan fingerprint density at radius 1 is 1.09 bits per heavy atom. The lowest BCUT2D eigenvalue weighted by atomic mass is 9.73. The van der Waals surface area contributed by atoms with E-state index in [1.807, 2.05) is 64.9 Å². The Kier molecular flexibility index (Phi) is 14.8. The van der Waals surface area contributed by atoms with E-state index in [1.165, 1.54) is 13.8 Å². The van der Waals surface area contributed by atoms with E-state index >= 15 is 0 Å². The molecule has 3 aliphatic heterocycles. The van der Waals surface area contributed by atoms with E-state index in [9.17, 15) is 24.6 Å². The van der Waals surface area contributed by atoms with Gasteiger partial charge in [0, 0.05) is 36.7 Å². The maximum absolute atomic E-state index is 14.4. The Labute approximate surface area is 320 Å². The van der Waals surface area contributed by atoms with Crippen LogP contribution in [0.15, 0.2) is 34.4 Å². The molecule has 3 aliphatic rings. The minimum Gasteiger partial charge on any atom is -0.459 e. The van der Waals surface area contributed by atoms with E-state index in [0.717, 1.165) is 5.69 Å². The van der Waals surface area contributed by atoms with Gasteiger partial charge in [0.05, 0.1) is 55.1 Å². The van der Waals surface area contributed by atoms with Crippen molar-refractivity contribution in [2.75, 3.05) is 27.3 Å². The Hall–Kier alpha value is -2.98. The van der Waals surface area contributed by atoms with Crippen LogP contribution in [0.5, 0.6) is 0 Å². The molecule has 1 amide bonds. The molecule has 0 aromatic carbocycles. The van der Waals surface area contributed by atoms with Crippen LogP contribution in [-0.4, -0.2) is 131 Å². The molecule has 54 heavy (non-hydrogen) atoms. The molecule has 4 rings (SSSR count). The van der Waals surface area contributed by atoms with Crippen LogP contribution in [0.2, 0.25) is 0 Å². The molecule has 0 aliphatic carbocycles. The third-order valence-corrected chi connectivity index (χ3v) is 11.3. The highest BCUT2D eigenvalue weighted by Gasteiger charge is 2.53. The molecular weight excluding hydrogens is 696 g/mol. The molecule has 1 aromatic heterocycles. The number of aliphatic hydroxyl groups excluding tert-OH is 1. The lowest BCUT2D eigenvalue weighted by Crippen LogP contribution is -2.60. The zero-order valence-electron chi connectivity index (χ0n) is 33.9. The smallest absolute Gasteiger partial charge is 0.316 e. The third kappa shape index (κ3) is 10.1. The molecule has 3 fully saturated rings. The average Bonchev–Trinajstić information content (AvgIpc) is 3.13. The van der Waals surface area contributed by atoms with Gasteiger partial charge in [0.2, 0.25) is 5.91 Å². The third-order valence-electron chi connectivity index (χ3n) is 11.3. The minimum atomic E-state index is -1.80. The number of ketones is 1. The van der Waals surface area contributed by atoms with Crippen LogP contribution >= 0.6 is 0 Å². The van der Waals surface area contributed by atoms with Gasteiger partial charge >= 0.3 is 5.97 Å².